The van der Waals surface area contributed by atoms with Crippen molar-refractivity contribution in [2.75, 3.05) is 0 Å². The Morgan fingerprint density at radius 3 is 1.60 bits per heavy atom. The van der Waals surface area contributed by atoms with E-state index in [2.05, 4.69) is 170 Å². The van der Waals surface area contributed by atoms with Crippen LogP contribution in [-0.2, 0) is 0 Å². The van der Waals surface area contributed by atoms with E-state index in [1.54, 1.807) is 0 Å². The van der Waals surface area contributed by atoms with Gasteiger partial charge in [0.1, 0.15) is 23.0 Å². The maximum absolute atomic E-state index is 6.90. The van der Waals surface area contributed by atoms with Gasteiger partial charge in [-0.25, -0.2) is 0 Å². The molecule has 0 bridgehead atoms. The number of fused-ring (bicyclic) bond motifs is 6. The molecule has 0 atom stereocenters. The van der Waals surface area contributed by atoms with E-state index in [-0.39, 0.29) is 6.71 Å². The number of hydrogen-bond donors (Lipinski definition) is 0. The molecule has 0 radical (unpaired) electrons. The molecule has 2 nitrogen and oxygen atoms in total. The van der Waals surface area contributed by atoms with E-state index in [1.165, 1.54) is 43.8 Å². The van der Waals surface area contributed by atoms with Crippen LogP contribution in [0.15, 0.2) is 188 Å². The standard InChI is InChI=1S/C50H31BO2/c1-3-15-32(16-4-1)47-37-21-9-10-22-38(37)48(33-17-5-2-6-18-33)41-31-34(29-30-39(41)47)35-19-7-8-20-36(35)40-23-13-25-43-50(40)53-46-28-14-27-45-49(46)51(43)42-24-11-12-26-44(42)52-45/h1-31H. The summed E-state index contributed by atoms with van der Waals surface area (Å²) in [6.07, 6.45) is 0. The van der Waals surface area contributed by atoms with Gasteiger partial charge in [0.25, 0.3) is 6.71 Å². The first-order chi connectivity index (χ1) is 26.3. The number of hydrogen-bond acceptors (Lipinski definition) is 2. The molecule has 2 heterocycles. The maximum Gasteiger partial charge on any atom is 0.260 e. The molecule has 0 aromatic heterocycles. The smallest absolute Gasteiger partial charge is 0.260 e. The van der Waals surface area contributed by atoms with Crippen LogP contribution in [0.25, 0.3) is 66.1 Å². The minimum atomic E-state index is 0.0146. The molecule has 246 valence electrons. The predicted molar refractivity (Wildman–Crippen MR) is 221 cm³/mol. The lowest BCUT2D eigenvalue weighted by Crippen LogP contribution is -2.57. The second kappa shape index (κ2) is 11.9. The molecule has 0 saturated heterocycles. The average molecular weight is 675 g/mol. The molecule has 0 fully saturated rings. The molecule has 0 saturated carbocycles. The largest absolute Gasteiger partial charge is 0.458 e. The monoisotopic (exact) mass is 674 g/mol. The molecule has 11 rings (SSSR count). The van der Waals surface area contributed by atoms with Crippen molar-refractivity contribution in [1.82, 2.24) is 0 Å². The van der Waals surface area contributed by atoms with Crippen molar-refractivity contribution in [1.29, 1.82) is 0 Å². The highest BCUT2D eigenvalue weighted by Crippen LogP contribution is 2.47. The van der Waals surface area contributed by atoms with Gasteiger partial charge >= 0.3 is 0 Å². The zero-order valence-electron chi connectivity index (χ0n) is 28.8. The van der Waals surface area contributed by atoms with E-state index < -0.39 is 0 Å². The highest BCUT2D eigenvalue weighted by Gasteiger charge is 2.40. The van der Waals surface area contributed by atoms with Gasteiger partial charge in [-0.15, -0.1) is 0 Å². The van der Waals surface area contributed by atoms with Crippen molar-refractivity contribution >= 4 is 44.6 Å². The van der Waals surface area contributed by atoms with Crippen LogP contribution in [0.2, 0.25) is 0 Å². The molecule has 0 aliphatic carbocycles. The lowest BCUT2D eigenvalue weighted by molar-refractivity contribution is 0.465. The van der Waals surface area contributed by atoms with Gasteiger partial charge < -0.3 is 9.47 Å². The van der Waals surface area contributed by atoms with Crippen molar-refractivity contribution in [2.45, 2.75) is 0 Å². The highest BCUT2D eigenvalue weighted by molar-refractivity contribution is 6.98. The number of ether oxygens (including phenoxy) is 2. The average Bonchev–Trinajstić information content (AvgIpc) is 3.23. The molecular weight excluding hydrogens is 643 g/mol. The van der Waals surface area contributed by atoms with Crippen molar-refractivity contribution < 1.29 is 9.47 Å². The van der Waals surface area contributed by atoms with Crippen LogP contribution in [0.3, 0.4) is 0 Å². The van der Waals surface area contributed by atoms with Gasteiger partial charge in [0.2, 0.25) is 0 Å². The lowest BCUT2D eigenvalue weighted by atomic mass is 9.34. The lowest BCUT2D eigenvalue weighted by Gasteiger charge is -2.33. The molecule has 0 amide bonds. The number of benzene rings is 9. The van der Waals surface area contributed by atoms with E-state index in [9.17, 15) is 0 Å². The van der Waals surface area contributed by atoms with Gasteiger partial charge in [0.15, 0.2) is 0 Å². The maximum atomic E-state index is 6.90. The van der Waals surface area contributed by atoms with Crippen LogP contribution in [0.1, 0.15) is 0 Å². The SMILES string of the molecule is c1ccc(-c2c3ccccc3c(-c3ccccc3)c3cc(-c4ccccc4-c4cccc5c4Oc4cccc6c4B5c4ccccc4O6)ccc23)cc1. The Labute approximate surface area is 308 Å². The van der Waals surface area contributed by atoms with Crippen LogP contribution in [0, 0.1) is 0 Å². The minimum absolute atomic E-state index is 0.0146. The van der Waals surface area contributed by atoms with E-state index >= 15 is 0 Å². The van der Waals surface area contributed by atoms with Crippen LogP contribution in [-0.4, -0.2) is 6.71 Å². The first-order valence-electron chi connectivity index (χ1n) is 18.2. The van der Waals surface area contributed by atoms with E-state index in [4.69, 9.17) is 9.47 Å². The van der Waals surface area contributed by atoms with Crippen molar-refractivity contribution in [3.05, 3.63) is 188 Å². The molecule has 0 N–H and O–H groups in total. The summed E-state index contributed by atoms with van der Waals surface area (Å²) in [5.74, 6) is 3.50. The summed E-state index contributed by atoms with van der Waals surface area (Å²) in [7, 11) is 0. The molecule has 2 aliphatic heterocycles. The van der Waals surface area contributed by atoms with Crippen LogP contribution in [0.5, 0.6) is 23.0 Å². The highest BCUT2D eigenvalue weighted by atomic mass is 16.5. The quantitative estimate of drug-likeness (QED) is 0.137. The molecular formula is C50H31BO2. The third-order valence-electron chi connectivity index (χ3n) is 11.0. The summed E-state index contributed by atoms with van der Waals surface area (Å²) in [5.41, 5.74) is 12.9. The minimum Gasteiger partial charge on any atom is -0.458 e. The molecule has 2 aliphatic rings. The molecule has 53 heavy (non-hydrogen) atoms. The van der Waals surface area contributed by atoms with Crippen LogP contribution < -0.4 is 25.9 Å². The van der Waals surface area contributed by atoms with Gasteiger partial charge in [-0.1, -0.05) is 164 Å². The first kappa shape index (κ1) is 29.9. The number of rotatable bonds is 4. The Bertz CT molecular complexity index is 2900. The summed E-state index contributed by atoms with van der Waals surface area (Å²) in [6, 6.07) is 67.4. The zero-order chi connectivity index (χ0) is 34.9. The summed E-state index contributed by atoms with van der Waals surface area (Å²) < 4.78 is 13.3. The molecule has 9 aromatic carbocycles. The Morgan fingerprint density at radius 2 is 0.849 bits per heavy atom. The molecule has 0 spiro atoms. The second-order valence-corrected chi connectivity index (χ2v) is 13.9. The fraction of sp³-hybridized carbons (Fsp3) is 0. The topological polar surface area (TPSA) is 18.5 Å². The Balaban J connectivity index is 1.15. The number of para-hydroxylation sites is 2. The molecule has 9 aromatic rings. The van der Waals surface area contributed by atoms with E-state index in [1.807, 2.05) is 18.2 Å². The van der Waals surface area contributed by atoms with Crippen LogP contribution in [0.4, 0.5) is 0 Å². The first-order valence-corrected chi connectivity index (χ1v) is 18.2. The van der Waals surface area contributed by atoms with Crippen molar-refractivity contribution in [3.8, 4) is 67.5 Å². The summed E-state index contributed by atoms with van der Waals surface area (Å²) in [5, 5.41) is 4.97. The van der Waals surface area contributed by atoms with E-state index in [0.29, 0.717) is 0 Å². The van der Waals surface area contributed by atoms with E-state index in [0.717, 1.165) is 61.6 Å². The second-order valence-electron chi connectivity index (χ2n) is 13.9. The summed E-state index contributed by atoms with van der Waals surface area (Å²) in [6.45, 7) is 0.0146. The summed E-state index contributed by atoms with van der Waals surface area (Å²) >= 11 is 0. The van der Waals surface area contributed by atoms with Crippen LogP contribution >= 0.6 is 0 Å². The third kappa shape index (κ3) is 4.61. The van der Waals surface area contributed by atoms with Gasteiger partial charge in [-0.2, -0.15) is 0 Å². The Morgan fingerprint density at radius 1 is 0.321 bits per heavy atom. The van der Waals surface area contributed by atoms with Crippen molar-refractivity contribution in [2.24, 2.45) is 0 Å². The normalized spacial score (nSPS) is 12.4. The zero-order valence-corrected chi connectivity index (χ0v) is 28.8. The van der Waals surface area contributed by atoms with Gasteiger partial charge in [-0.3, -0.25) is 0 Å². The Hall–Kier alpha value is -6.84. The predicted octanol–water partition coefficient (Wildman–Crippen LogP) is 11.4. The Kier molecular flexibility index (Phi) is 6.68. The third-order valence-corrected chi connectivity index (χ3v) is 11.0. The molecule has 3 heteroatoms. The van der Waals surface area contributed by atoms with Gasteiger partial charge in [-0.05, 0) is 95.7 Å². The summed E-state index contributed by atoms with van der Waals surface area (Å²) in [4.78, 5) is 0. The molecule has 0 unspecified atom stereocenters. The fourth-order valence-corrected chi connectivity index (χ4v) is 8.76. The van der Waals surface area contributed by atoms with Gasteiger partial charge in [0.05, 0.1) is 0 Å². The fourth-order valence-electron chi connectivity index (χ4n) is 8.76. The van der Waals surface area contributed by atoms with Crippen molar-refractivity contribution in [3.63, 3.8) is 0 Å². The van der Waals surface area contributed by atoms with Gasteiger partial charge in [0, 0.05) is 11.0 Å².